The predicted molar refractivity (Wildman–Crippen MR) is 97.9 cm³/mol. The Morgan fingerprint density at radius 3 is 2.22 bits per heavy atom. The maximum atomic E-state index is 12.9. The van der Waals surface area contributed by atoms with Crippen molar-refractivity contribution >= 4 is 40.4 Å². The first-order chi connectivity index (χ1) is 12.9. The van der Waals surface area contributed by atoms with Crippen molar-refractivity contribution in [1.29, 1.82) is 0 Å². The van der Waals surface area contributed by atoms with Crippen LogP contribution in [-0.4, -0.2) is 31.0 Å². The van der Waals surface area contributed by atoms with Crippen LogP contribution < -0.4 is 14.4 Å². The third-order valence-electron chi connectivity index (χ3n) is 4.02. The second-order valence-corrected chi connectivity index (χ2v) is 5.85. The summed E-state index contributed by atoms with van der Waals surface area (Å²) >= 11 is 6.14. The molecule has 1 aliphatic rings. The molecule has 0 bridgehead atoms. The van der Waals surface area contributed by atoms with Gasteiger partial charge in [0.25, 0.3) is 17.5 Å². The first-order valence-corrected chi connectivity index (χ1v) is 8.02. The molecule has 27 heavy (non-hydrogen) atoms. The number of carbonyl (C=O) groups is 2. The normalized spacial score (nSPS) is 14.0. The SMILES string of the molecule is COc1ccc(OC)c(N2C(=O)C(Cl)=C(c3ccc([N+](=O)[O-])cc3)C2=O)c1. The summed E-state index contributed by atoms with van der Waals surface area (Å²) in [5.41, 5.74) is 0.301. The Labute approximate surface area is 158 Å². The van der Waals surface area contributed by atoms with Gasteiger partial charge in [-0.2, -0.15) is 0 Å². The summed E-state index contributed by atoms with van der Waals surface area (Å²) in [4.78, 5) is 36.7. The lowest BCUT2D eigenvalue weighted by Gasteiger charge is -2.18. The highest BCUT2D eigenvalue weighted by atomic mass is 35.5. The highest BCUT2D eigenvalue weighted by Crippen LogP contribution is 2.40. The average molecular weight is 389 g/mol. The third kappa shape index (κ3) is 3.11. The number of nitrogens with zero attached hydrogens (tertiary/aromatic N) is 2. The molecule has 0 saturated heterocycles. The number of nitro benzene ring substituents is 1. The van der Waals surface area contributed by atoms with E-state index in [1.165, 1.54) is 44.6 Å². The summed E-state index contributed by atoms with van der Waals surface area (Å²) in [5.74, 6) is -0.676. The zero-order valence-corrected chi connectivity index (χ0v) is 15.0. The fourth-order valence-electron chi connectivity index (χ4n) is 2.69. The molecule has 138 valence electrons. The van der Waals surface area contributed by atoms with E-state index in [2.05, 4.69) is 0 Å². The van der Waals surface area contributed by atoms with E-state index in [1.54, 1.807) is 12.1 Å². The van der Waals surface area contributed by atoms with Crippen LogP contribution in [0.5, 0.6) is 11.5 Å². The molecule has 0 aromatic heterocycles. The van der Waals surface area contributed by atoms with Gasteiger partial charge in [-0.05, 0) is 29.8 Å². The van der Waals surface area contributed by atoms with Crippen molar-refractivity contribution in [2.75, 3.05) is 19.1 Å². The van der Waals surface area contributed by atoms with Crippen LogP contribution in [0.2, 0.25) is 0 Å². The van der Waals surface area contributed by atoms with E-state index in [-0.39, 0.29) is 27.7 Å². The number of nitro groups is 1. The fraction of sp³-hybridized carbons (Fsp3) is 0.111. The van der Waals surface area contributed by atoms with Gasteiger partial charge in [0.1, 0.15) is 16.5 Å². The van der Waals surface area contributed by atoms with Gasteiger partial charge in [-0.25, -0.2) is 4.90 Å². The summed E-state index contributed by atoms with van der Waals surface area (Å²) < 4.78 is 10.4. The second-order valence-electron chi connectivity index (χ2n) is 5.48. The largest absolute Gasteiger partial charge is 0.497 e. The molecule has 3 rings (SSSR count). The van der Waals surface area contributed by atoms with Crippen molar-refractivity contribution < 1.29 is 24.0 Å². The van der Waals surface area contributed by atoms with E-state index in [4.69, 9.17) is 21.1 Å². The lowest BCUT2D eigenvalue weighted by molar-refractivity contribution is -0.384. The maximum Gasteiger partial charge on any atom is 0.277 e. The molecular formula is C18H13ClN2O6. The topological polar surface area (TPSA) is 99.0 Å². The quantitative estimate of drug-likeness (QED) is 0.443. The molecule has 0 spiro atoms. The summed E-state index contributed by atoms with van der Waals surface area (Å²) in [7, 11) is 2.86. The van der Waals surface area contributed by atoms with Crippen LogP contribution in [0.3, 0.4) is 0 Å². The lowest BCUT2D eigenvalue weighted by atomic mass is 10.1. The number of ether oxygens (including phenoxy) is 2. The number of anilines is 1. The standard InChI is InChI=1S/C18H13ClN2O6/c1-26-12-7-8-14(27-2)13(9-12)20-17(22)15(16(19)18(20)23)10-3-5-11(6-4-10)21(24)25/h3-9H,1-2H3. The fourth-order valence-corrected chi connectivity index (χ4v) is 2.97. The molecule has 0 saturated carbocycles. The van der Waals surface area contributed by atoms with Gasteiger partial charge in [0.15, 0.2) is 0 Å². The zero-order valence-electron chi connectivity index (χ0n) is 14.3. The molecule has 0 N–H and O–H groups in total. The van der Waals surface area contributed by atoms with Gasteiger partial charge in [-0.15, -0.1) is 0 Å². The van der Waals surface area contributed by atoms with Gasteiger partial charge in [0.05, 0.1) is 30.4 Å². The zero-order chi connectivity index (χ0) is 19.7. The number of amides is 2. The van der Waals surface area contributed by atoms with E-state index in [0.717, 1.165) is 4.90 Å². The minimum Gasteiger partial charge on any atom is -0.497 e. The molecule has 0 aliphatic carbocycles. The van der Waals surface area contributed by atoms with Gasteiger partial charge in [0, 0.05) is 18.2 Å². The molecule has 0 atom stereocenters. The Balaban J connectivity index is 2.05. The first-order valence-electron chi connectivity index (χ1n) is 7.64. The van der Waals surface area contributed by atoms with Crippen LogP contribution in [0.1, 0.15) is 5.56 Å². The van der Waals surface area contributed by atoms with Gasteiger partial charge in [-0.3, -0.25) is 19.7 Å². The summed E-state index contributed by atoms with van der Waals surface area (Å²) in [6.45, 7) is 0. The third-order valence-corrected chi connectivity index (χ3v) is 4.37. The van der Waals surface area contributed by atoms with E-state index in [1.807, 2.05) is 0 Å². The molecular weight excluding hydrogens is 376 g/mol. The summed E-state index contributed by atoms with van der Waals surface area (Å²) in [5, 5.41) is 10.5. The van der Waals surface area contributed by atoms with Crippen LogP contribution in [0.15, 0.2) is 47.5 Å². The minimum atomic E-state index is -0.721. The molecule has 2 aromatic carbocycles. The van der Waals surface area contributed by atoms with Crippen LogP contribution in [0.25, 0.3) is 5.57 Å². The van der Waals surface area contributed by atoms with Crippen molar-refractivity contribution in [3.05, 3.63) is 63.2 Å². The monoisotopic (exact) mass is 388 g/mol. The van der Waals surface area contributed by atoms with Crippen LogP contribution in [0, 0.1) is 10.1 Å². The number of hydrogen-bond acceptors (Lipinski definition) is 6. The van der Waals surface area contributed by atoms with Crippen LogP contribution in [0.4, 0.5) is 11.4 Å². The maximum absolute atomic E-state index is 12.9. The average Bonchev–Trinajstić information content (AvgIpc) is 2.90. The second kappa shape index (κ2) is 7.08. The van der Waals surface area contributed by atoms with Crippen molar-refractivity contribution in [1.82, 2.24) is 0 Å². The molecule has 1 heterocycles. The Hall–Kier alpha value is -3.39. The van der Waals surface area contributed by atoms with Crippen molar-refractivity contribution in [2.24, 2.45) is 0 Å². The van der Waals surface area contributed by atoms with E-state index < -0.39 is 16.7 Å². The number of rotatable bonds is 5. The first kappa shape index (κ1) is 18.4. The summed E-state index contributed by atoms with van der Waals surface area (Å²) in [6, 6.07) is 9.88. The Morgan fingerprint density at radius 2 is 1.67 bits per heavy atom. The number of benzene rings is 2. The van der Waals surface area contributed by atoms with Gasteiger partial charge in [0.2, 0.25) is 0 Å². The van der Waals surface area contributed by atoms with E-state index in [9.17, 15) is 19.7 Å². The van der Waals surface area contributed by atoms with Crippen molar-refractivity contribution in [3.63, 3.8) is 0 Å². The Bertz CT molecular complexity index is 984. The van der Waals surface area contributed by atoms with Crippen molar-refractivity contribution in [2.45, 2.75) is 0 Å². The van der Waals surface area contributed by atoms with Crippen molar-refractivity contribution in [3.8, 4) is 11.5 Å². The van der Waals surface area contributed by atoms with E-state index in [0.29, 0.717) is 11.3 Å². The Kier molecular flexibility index (Phi) is 4.83. The molecule has 0 fully saturated rings. The highest BCUT2D eigenvalue weighted by molar-refractivity contribution is 6.60. The highest BCUT2D eigenvalue weighted by Gasteiger charge is 2.40. The van der Waals surface area contributed by atoms with E-state index >= 15 is 0 Å². The van der Waals surface area contributed by atoms with Crippen LogP contribution in [-0.2, 0) is 9.59 Å². The minimum absolute atomic E-state index is 0.0403. The number of halogens is 1. The smallest absolute Gasteiger partial charge is 0.277 e. The van der Waals surface area contributed by atoms with Gasteiger partial charge >= 0.3 is 0 Å². The molecule has 0 unspecified atom stereocenters. The number of imide groups is 1. The molecule has 8 nitrogen and oxygen atoms in total. The number of non-ortho nitro benzene ring substituents is 1. The molecule has 9 heteroatoms. The van der Waals surface area contributed by atoms with Gasteiger partial charge < -0.3 is 9.47 Å². The number of carbonyl (C=O) groups excluding carboxylic acids is 2. The predicted octanol–water partition coefficient (Wildman–Crippen LogP) is 3.14. The Morgan fingerprint density at radius 1 is 1.00 bits per heavy atom. The van der Waals surface area contributed by atoms with Gasteiger partial charge in [-0.1, -0.05) is 11.6 Å². The lowest BCUT2D eigenvalue weighted by Crippen LogP contribution is -2.31. The molecule has 0 radical (unpaired) electrons. The molecule has 1 aliphatic heterocycles. The number of methoxy groups -OCH3 is 2. The molecule has 2 aromatic rings. The number of hydrogen-bond donors (Lipinski definition) is 0. The summed E-state index contributed by atoms with van der Waals surface area (Å²) in [6.07, 6.45) is 0. The molecule has 2 amide bonds. The van der Waals surface area contributed by atoms with Crippen LogP contribution >= 0.6 is 11.6 Å².